The zero-order valence-corrected chi connectivity index (χ0v) is 24.2. The van der Waals surface area contributed by atoms with Crippen LogP contribution in [0.5, 0.6) is 0 Å². The van der Waals surface area contributed by atoms with Gasteiger partial charge in [-0.15, -0.1) is 0 Å². The summed E-state index contributed by atoms with van der Waals surface area (Å²) < 4.78 is 1.14. The van der Waals surface area contributed by atoms with Crippen molar-refractivity contribution >= 4 is 17.6 Å². The lowest BCUT2D eigenvalue weighted by Gasteiger charge is -2.39. The van der Waals surface area contributed by atoms with E-state index in [4.69, 9.17) is 5.11 Å². The van der Waals surface area contributed by atoms with Gasteiger partial charge in [0.25, 0.3) is 0 Å². The molecule has 210 valence electrons. The van der Waals surface area contributed by atoms with E-state index in [1.165, 1.54) is 34.5 Å². The molecule has 1 aromatic carbocycles. The van der Waals surface area contributed by atoms with Crippen LogP contribution in [0.3, 0.4) is 0 Å². The number of piperidine rings is 1. The second kappa shape index (κ2) is 14.1. The largest absolute Gasteiger partial charge is 0.476 e. The van der Waals surface area contributed by atoms with Gasteiger partial charge in [-0.1, -0.05) is 74.9 Å². The summed E-state index contributed by atoms with van der Waals surface area (Å²) >= 11 is 0. The van der Waals surface area contributed by atoms with E-state index >= 15 is 0 Å². The highest BCUT2D eigenvalue weighted by atomic mass is 16.4. The Morgan fingerprint density at radius 1 is 1.03 bits per heavy atom. The number of hydrogen-bond donors (Lipinski definition) is 1. The monoisotopic (exact) mass is 532 g/mol. The topological polar surface area (TPSA) is 78.7 Å². The molecule has 2 aliphatic heterocycles. The number of benzene rings is 1. The first-order valence-corrected chi connectivity index (χ1v) is 14.2. The molecule has 0 bridgehead atoms. The smallest absolute Gasteiger partial charge is 0.356 e. The van der Waals surface area contributed by atoms with Gasteiger partial charge in [-0.25, -0.2) is 9.59 Å². The van der Waals surface area contributed by atoms with Crippen LogP contribution in [0.4, 0.5) is 4.79 Å². The number of allylic oxidation sites excluding steroid dienone is 6. The van der Waals surface area contributed by atoms with Gasteiger partial charge in [0.15, 0.2) is 5.69 Å². The van der Waals surface area contributed by atoms with Crippen LogP contribution in [0.25, 0.3) is 5.57 Å². The highest BCUT2D eigenvalue weighted by Gasteiger charge is 2.41. The molecule has 2 aromatic rings. The molecule has 1 spiro atoms. The van der Waals surface area contributed by atoms with Crippen molar-refractivity contribution in [2.24, 2.45) is 5.41 Å². The van der Waals surface area contributed by atoms with Gasteiger partial charge in [-0.05, 0) is 74.3 Å². The van der Waals surface area contributed by atoms with Crippen molar-refractivity contribution in [1.29, 1.82) is 0 Å². The summed E-state index contributed by atoms with van der Waals surface area (Å²) in [5, 5.41) is 12.9. The second-order valence-electron chi connectivity index (χ2n) is 10.5. The maximum absolute atomic E-state index is 12.8. The summed E-state index contributed by atoms with van der Waals surface area (Å²) in [6, 6.07) is 9.94. The molecule has 0 unspecified atom stereocenters. The molecule has 1 aromatic heterocycles. The quantitative estimate of drug-likeness (QED) is 0.393. The minimum atomic E-state index is -1.13. The third-order valence-electron chi connectivity index (χ3n) is 7.80. The normalized spacial score (nSPS) is 17.9. The predicted molar refractivity (Wildman–Crippen MR) is 158 cm³/mol. The number of likely N-dealkylation sites (tertiary alicyclic amines) is 2. The molecule has 2 saturated heterocycles. The number of carbonyl (C=O) groups excluding carboxylic acids is 1. The molecule has 2 aliphatic rings. The average Bonchev–Trinajstić information content (AvgIpc) is 3.60. The Bertz CT molecular complexity index is 1220. The maximum atomic E-state index is 12.8. The van der Waals surface area contributed by atoms with Crippen LogP contribution < -0.4 is 0 Å². The van der Waals surface area contributed by atoms with E-state index in [1.54, 1.807) is 4.90 Å². The number of carbonyl (C=O) groups is 2. The summed E-state index contributed by atoms with van der Waals surface area (Å²) in [6.45, 7) is 14.9. The van der Waals surface area contributed by atoms with Crippen LogP contribution >= 0.6 is 0 Å². The first kappa shape index (κ1) is 30.1. The minimum absolute atomic E-state index is 0.112. The van der Waals surface area contributed by atoms with Crippen molar-refractivity contribution < 1.29 is 14.7 Å². The van der Waals surface area contributed by atoms with Crippen molar-refractivity contribution in [3.63, 3.8) is 0 Å². The number of aromatic carboxylic acids is 1. The number of nitrogens with zero attached hydrogens (tertiary/aromatic N) is 4. The first-order valence-electron chi connectivity index (χ1n) is 14.2. The number of rotatable bonds is 7. The zero-order chi connectivity index (χ0) is 28.4. The molecular weight excluding hydrogens is 488 g/mol. The van der Waals surface area contributed by atoms with Gasteiger partial charge in [0.2, 0.25) is 0 Å². The summed E-state index contributed by atoms with van der Waals surface area (Å²) in [5.41, 5.74) is 5.34. The predicted octanol–water partition coefficient (Wildman–Crippen LogP) is 6.88. The zero-order valence-electron chi connectivity index (χ0n) is 24.2. The molecule has 1 N–H and O–H groups in total. The molecule has 0 atom stereocenters. The highest BCUT2D eigenvalue weighted by molar-refractivity contribution is 5.86. The van der Waals surface area contributed by atoms with Gasteiger partial charge >= 0.3 is 12.0 Å². The molecule has 4 rings (SSSR count). The van der Waals surface area contributed by atoms with Crippen LogP contribution in [0, 0.1) is 5.41 Å². The number of aromatic nitrogens is 2. The van der Waals surface area contributed by atoms with Crippen LogP contribution in [0.2, 0.25) is 0 Å². The number of hydrogen-bond acceptors (Lipinski definition) is 4. The van der Waals surface area contributed by atoms with Gasteiger partial charge in [0.1, 0.15) is 0 Å². The molecule has 2 fully saturated rings. The van der Waals surface area contributed by atoms with Gasteiger partial charge in [0, 0.05) is 32.4 Å². The Labute approximate surface area is 233 Å². The van der Waals surface area contributed by atoms with Crippen LogP contribution in [-0.2, 0) is 6.54 Å². The van der Waals surface area contributed by atoms with Crippen molar-refractivity contribution in [2.75, 3.05) is 26.2 Å². The van der Waals surface area contributed by atoms with Crippen molar-refractivity contribution in [3.05, 3.63) is 83.2 Å². The Kier molecular flexibility index (Phi) is 10.9. The molecule has 0 saturated carbocycles. The fourth-order valence-electron chi connectivity index (χ4n) is 5.24. The number of amides is 1. The Balaban J connectivity index is 0.00000205. The van der Waals surface area contributed by atoms with Crippen LogP contribution in [0.15, 0.2) is 66.4 Å². The molecule has 0 radical (unpaired) electrons. The van der Waals surface area contributed by atoms with Crippen molar-refractivity contribution in [2.45, 2.75) is 66.8 Å². The van der Waals surface area contributed by atoms with E-state index in [2.05, 4.69) is 79.3 Å². The summed E-state index contributed by atoms with van der Waals surface area (Å²) in [7, 11) is 0. The van der Waals surface area contributed by atoms with E-state index in [0.717, 1.165) is 50.0 Å². The maximum Gasteiger partial charge on any atom is 0.356 e. The van der Waals surface area contributed by atoms with Crippen molar-refractivity contribution in [1.82, 2.24) is 19.6 Å². The lowest BCUT2D eigenvalue weighted by Crippen LogP contribution is -2.45. The van der Waals surface area contributed by atoms with E-state index in [9.17, 15) is 9.59 Å². The third kappa shape index (κ3) is 8.02. The number of carboxylic acid groups (broad SMARTS) is 1. The van der Waals surface area contributed by atoms with Crippen LogP contribution in [0.1, 0.15) is 81.9 Å². The molecular formula is C32H44N4O3. The average molecular weight is 533 g/mol. The SMILES string of the molecule is CC.CC/C(C)=C/C=C\C=C(/C)c1cccc(CN2CCC3(CCN(C(=O)n4ccc(C(=O)O)n4)CC3)C2)c1. The van der Waals surface area contributed by atoms with Gasteiger partial charge < -0.3 is 10.0 Å². The molecule has 7 heteroatoms. The van der Waals surface area contributed by atoms with E-state index in [1.807, 2.05) is 13.8 Å². The number of carboxylic acids is 1. The summed E-state index contributed by atoms with van der Waals surface area (Å²) in [5.74, 6) is -1.13. The van der Waals surface area contributed by atoms with E-state index < -0.39 is 5.97 Å². The van der Waals surface area contributed by atoms with Crippen LogP contribution in [-0.4, -0.2) is 62.9 Å². The fourth-order valence-corrected chi connectivity index (χ4v) is 5.24. The highest BCUT2D eigenvalue weighted by Crippen LogP contribution is 2.41. The van der Waals surface area contributed by atoms with Gasteiger partial charge in [-0.2, -0.15) is 9.78 Å². The standard InChI is InChI=1S/C30H38N4O3.C2H6/c1-4-23(2)8-5-6-9-24(3)26-11-7-10-25(20-26)21-32-17-13-30(22-32)14-18-33(19-15-30)29(37)34-16-12-27(31-34)28(35)36;1-2/h5-12,16,20H,4,13-15,17-19,21-22H2,1-3H3,(H,35,36);1-2H3/b6-5-,23-8+,24-9+;. The van der Waals surface area contributed by atoms with E-state index in [0.29, 0.717) is 13.1 Å². The Morgan fingerprint density at radius 2 is 1.72 bits per heavy atom. The molecule has 3 heterocycles. The molecule has 0 aliphatic carbocycles. The van der Waals surface area contributed by atoms with Crippen molar-refractivity contribution in [3.8, 4) is 0 Å². The third-order valence-corrected chi connectivity index (χ3v) is 7.80. The van der Waals surface area contributed by atoms with Gasteiger partial charge in [-0.3, -0.25) is 4.90 Å². The summed E-state index contributed by atoms with van der Waals surface area (Å²) in [6.07, 6.45) is 14.1. The Morgan fingerprint density at radius 3 is 2.38 bits per heavy atom. The minimum Gasteiger partial charge on any atom is -0.476 e. The second-order valence-corrected chi connectivity index (χ2v) is 10.5. The lowest BCUT2D eigenvalue weighted by atomic mass is 9.78. The van der Waals surface area contributed by atoms with E-state index in [-0.39, 0.29) is 17.1 Å². The molecule has 7 nitrogen and oxygen atoms in total. The molecule has 39 heavy (non-hydrogen) atoms. The molecule has 1 amide bonds. The first-order chi connectivity index (χ1) is 18.8. The van der Waals surface area contributed by atoms with Gasteiger partial charge in [0.05, 0.1) is 0 Å². The lowest BCUT2D eigenvalue weighted by molar-refractivity contribution is 0.0689. The fraction of sp³-hybridized carbons (Fsp3) is 0.469. The Hall–Kier alpha value is -3.45. The summed E-state index contributed by atoms with van der Waals surface area (Å²) in [4.78, 5) is 28.2.